The fourth-order valence-corrected chi connectivity index (χ4v) is 8.98. The average molecular weight is 675 g/mol. The summed E-state index contributed by atoms with van der Waals surface area (Å²) in [6.07, 6.45) is -6.47. The molecule has 2 aromatic rings. The minimum Gasteiger partial charge on any atom is -0.458 e. The van der Waals surface area contributed by atoms with E-state index in [1.165, 1.54) is 19.7 Å². The molecule has 0 radical (unpaired) electrons. The van der Waals surface area contributed by atoms with Crippen LogP contribution in [0.25, 0.3) is 11.1 Å². The molecule has 1 saturated carbocycles. The highest BCUT2D eigenvalue weighted by Gasteiger charge is 2.73. The predicted molar refractivity (Wildman–Crippen MR) is 144 cm³/mol. The maximum Gasteiger partial charge on any atom is 0.482 e. The molecule has 2 aromatic heterocycles. The van der Waals surface area contributed by atoms with Gasteiger partial charge in [-0.05, 0) is 6.92 Å². The highest BCUT2D eigenvalue weighted by Crippen LogP contribution is 2.68. The van der Waals surface area contributed by atoms with Crippen LogP contribution in [-0.4, -0.2) is 109 Å². The van der Waals surface area contributed by atoms with Gasteiger partial charge in [0.05, 0.1) is 55.7 Å². The summed E-state index contributed by atoms with van der Waals surface area (Å²) in [5.41, 5.74) is 12.0. The molecule has 3 fully saturated rings. The molecule has 13 atom stereocenters. The number of aromatic nitrogens is 2. The molecule has 22 heteroatoms. The molecule has 1 aliphatic carbocycles. The average Bonchev–Trinajstić information content (AvgIpc) is 3.50. The zero-order chi connectivity index (χ0) is 31.7. The molecule has 0 spiro atoms. The quantitative estimate of drug-likeness (QED) is 0.0970. The summed E-state index contributed by atoms with van der Waals surface area (Å²) >= 11 is 3.72. The molecule has 2 aliphatic heterocycles. The number of furan rings is 1. The summed E-state index contributed by atoms with van der Waals surface area (Å²) in [4.78, 5) is 18.3. The first kappa shape index (κ1) is 33.1. The first-order valence-electron chi connectivity index (χ1n) is 12.7. The third-order valence-corrected chi connectivity index (χ3v) is 11.7. The van der Waals surface area contributed by atoms with E-state index in [-0.39, 0.29) is 11.4 Å². The molecule has 0 bridgehead atoms. The van der Waals surface area contributed by atoms with Gasteiger partial charge >= 0.3 is 14.6 Å². The molecule has 43 heavy (non-hydrogen) atoms. The number of ether oxygens (including phenoxy) is 3. The van der Waals surface area contributed by atoms with Crippen LogP contribution < -0.4 is 11.5 Å². The SMILES string of the molecule is CO[C@]1(C)[C@H](N)[C@@H](COP(=O)(S)OP(=O)(O)OC2OC3(O)C2C(O)C(O)C3[C@@H](O)CO)O[C@H]1c1coc2c(N)ncnc12. The lowest BCUT2D eigenvalue weighted by Gasteiger charge is -2.49. The summed E-state index contributed by atoms with van der Waals surface area (Å²) in [6, 6.07) is -0.921. The first-order chi connectivity index (χ1) is 20.0. The maximum absolute atomic E-state index is 12.9. The van der Waals surface area contributed by atoms with E-state index in [4.69, 9.17) is 39.1 Å². The van der Waals surface area contributed by atoms with Crippen molar-refractivity contribution in [2.75, 3.05) is 26.1 Å². The lowest BCUT2D eigenvalue weighted by atomic mass is 9.86. The Morgan fingerprint density at radius 3 is 2.60 bits per heavy atom. The number of aliphatic hydroxyl groups excluding tert-OH is 4. The minimum absolute atomic E-state index is 0.0968. The van der Waals surface area contributed by atoms with Gasteiger partial charge in [-0.2, -0.15) is 4.31 Å². The van der Waals surface area contributed by atoms with E-state index in [1.807, 2.05) is 0 Å². The second-order valence-corrected chi connectivity index (χ2v) is 15.0. The number of hydrogen-bond acceptors (Lipinski definition) is 18. The number of phosphoric acid groups is 1. The van der Waals surface area contributed by atoms with Crippen LogP contribution in [0.3, 0.4) is 0 Å². The molecule has 242 valence electrons. The van der Waals surface area contributed by atoms with E-state index < -0.39 is 93.9 Å². The topological polar surface area (TPSA) is 302 Å². The number of methoxy groups -OCH3 is 1. The number of aliphatic hydroxyl groups is 5. The van der Waals surface area contributed by atoms with E-state index in [2.05, 4.69) is 26.5 Å². The molecular weight excluding hydrogens is 642 g/mol. The van der Waals surface area contributed by atoms with Crippen LogP contribution in [0.15, 0.2) is 17.0 Å². The molecule has 2 saturated heterocycles. The Kier molecular flexibility index (Phi) is 8.85. The number of phosphoric ester groups is 1. The monoisotopic (exact) mass is 674 g/mol. The third kappa shape index (κ3) is 5.56. The second-order valence-electron chi connectivity index (χ2n) is 10.5. The highest BCUT2D eigenvalue weighted by molar-refractivity contribution is 8.45. The number of rotatable bonds is 11. The molecule has 3 aliphatic rings. The Bertz CT molecular complexity index is 1450. The fraction of sp³-hybridized carbons (Fsp3) is 0.714. The normalized spacial score (nSPS) is 41.0. The minimum atomic E-state index is -5.34. The van der Waals surface area contributed by atoms with Crippen LogP contribution in [0, 0.1) is 11.8 Å². The Balaban J connectivity index is 1.23. The van der Waals surface area contributed by atoms with Crippen molar-refractivity contribution in [3.8, 4) is 0 Å². The molecule has 5 rings (SSSR count). The van der Waals surface area contributed by atoms with E-state index >= 15 is 0 Å². The van der Waals surface area contributed by atoms with Crippen molar-refractivity contribution < 1.29 is 71.5 Å². The van der Waals surface area contributed by atoms with Crippen LogP contribution in [0.4, 0.5) is 5.82 Å². The Hall–Kier alpha value is -1.29. The van der Waals surface area contributed by atoms with Gasteiger partial charge < -0.3 is 60.5 Å². The van der Waals surface area contributed by atoms with Crippen LogP contribution in [0.1, 0.15) is 18.6 Å². The molecule has 4 heterocycles. The van der Waals surface area contributed by atoms with Crippen molar-refractivity contribution in [2.24, 2.45) is 17.6 Å². The van der Waals surface area contributed by atoms with Gasteiger partial charge in [0, 0.05) is 12.7 Å². The molecule has 8 unspecified atom stereocenters. The molecule has 0 amide bonds. The number of fused-ring (bicyclic) bond motifs is 2. The zero-order valence-electron chi connectivity index (χ0n) is 22.5. The van der Waals surface area contributed by atoms with Crippen molar-refractivity contribution in [1.82, 2.24) is 9.97 Å². The van der Waals surface area contributed by atoms with Crippen molar-refractivity contribution in [3.05, 3.63) is 18.2 Å². The molecule has 0 aromatic carbocycles. The Morgan fingerprint density at radius 2 is 1.95 bits per heavy atom. The van der Waals surface area contributed by atoms with Gasteiger partial charge in [0.2, 0.25) is 0 Å². The van der Waals surface area contributed by atoms with Crippen LogP contribution >= 0.6 is 26.9 Å². The summed E-state index contributed by atoms with van der Waals surface area (Å²) < 4.78 is 62.5. The molecule has 19 nitrogen and oxygen atoms in total. The number of anilines is 1. The fourth-order valence-electron chi connectivity index (χ4n) is 5.79. The lowest BCUT2D eigenvalue weighted by Crippen LogP contribution is -2.64. The number of thiol groups is 1. The number of nitrogen functional groups attached to an aromatic ring is 1. The summed E-state index contributed by atoms with van der Waals surface area (Å²) in [7, 11) is -3.95. The van der Waals surface area contributed by atoms with Crippen molar-refractivity contribution in [3.63, 3.8) is 0 Å². The van der Waals surface area contributed by atoms with Gasteiger partial charge in [-0.15, -0.1) is 0 Å². The van der Waals surface area contributed by atoms with Crippen LogP contribution in [0.5, 0.6) is 0 Å². The van der Waals surface area contributed by atoms with Crippen molar-refractivity contribution >= 4 is 43.8 Å². The Morgan fingerprint density at radius 1 is 1.26 bits per heavy atom. The highest BCUT2D eigenvalue weighted by atomic mass is 32.7. The van der Waals surface area contributed by atoms with Crippen LogP contribution in [0.2, 0.25) is 0 Å². The predicted octanol–water partition coefficient (Wildman–Crippen LogP) is -1.47. The third-order valence-electron chi connectivity index (χ3n) is 8.11. The van der Waals surface area contributed by atoms with Crippen LogP contribution in [-0.2, 0) is 36.7 Å². The summed E-state index contributed by atoms with van der Waals surface area (Å²) in [6.45, 7) is -4.51. The maximum atomic E-state index is 12.9. The largest absolute Gasteiger partial charge is 0.482 e. The second kappa shape index (κ2) is 11.5. The van der Waals surface area contributed by atoms with E-state index in [0.29, 0.717) is 11.1 Å². The molecular formula is C21H32N4O15P2S. The number of nitrogens with zero attached hydrogens (tertiary/aromatic N) is 2. The van der Waals surface area contributed by atoms with Gasteiger partial charge in [0.15, 0.2) is 23.5 Å². The van der Waals surface area contributed by atoms with Gasteiger partial charge in [0.1, 0.15) is 29.7 Å². The Labute approximate surface area is 248 Å². The number of hydrogen-bond donors (Lipinski definition) is 9. The van der Waals surface area contributed by atoms with E-state index in [1.54, 1.807) is 6.92 Å². The van der Waals surface area contributed by atoms with E-state index in [0.717, 1.165) is 0 Å². The van der Waals surface area contributed by atoms with Crippen molar-refractivity contribution in [1.29, 1.82) is 0 Å². The standard InChI is InChI=1S/C21H32N4O15P2S/c1-20(34-2)16(22)9(37-17(20)7-4-35-15-12(7)24-6-25-18(15)23)5-36-42(33,43)40-41(31,32)39-19-11-14(29)13(28)10(8(27)3-26)21(11,30)38-19/h4,6,8-11,13-14,16-17,19,26-30H,3,5,22H2,1-2H3,(H,31,32)(H,33,43)(H2,23,24,25)/t8-,9+,10?,11?,13?,14?,16+,17-,19?,20+,21?,42?/m0/s1. The van der Waals surface area contributed by atoms with Gasteiger partial charge in [0.25, 0.3) is 0 Å². The zero-order valence-corrected chi connectivity index (χ0v) is 25.2. The summed E-state index contributed by atoms with van der Waals surface area (Å²) in [5.74, 6) is -5.44. The number of nitrogens with two attached hydrogens (primary N) is 2. The van der Waals surface area contributed by atoms with Gasteiger partial charge in [-0.25, -0.2) is 19.1 Å². The first-order valence-corrected chi connectivity index (χ1v) is 16.9. The van der Waals surface area contributed by atoms with Gasteiger partial charge in [-0.3, -0.25) is 9.05 Å². The van der Waals surface area contributed by atoms with Crippen molar-refractivity contribution in [2.45, 2.75) is 61.2 Å². The summed E-state index contributed by atoms with van der Waals surface area (Å²) in [5, 5.41) is 50.2. The lowest BCUT2D eigenvalue weighted by molar-refractivity contribution is -0.427. The molecule has 10 N–H and O–H groups in total. The van der Waals surface area contributed by atoms with Gasteiger partial charge in [-0.1, -0.05) is 12.2 Å². The van der Waals surface area contributed by atoms with E-state index in [9.17, 15) is 39.6 Å². The smallest absolute Gasteiger partial charge is 0.458 e.